The summed E-state index contributed by atoms with van der Waals surface area (Å²) in [6, 6.07) is -0.885. The highest BCUT2D eigenvalue weighted by atomic mass is 16.8. The SMILES string of the molecule is CC(=O)N[C@@H]1C[C@H](O[C@H]2[C@H](O)[C@@H](C)O[C@@H](O[C@H](CC(O)[C@H](O)[C@@H](O)C[C@H](O)C[C@@H](O)[C@H](C)[C@H](O)C[C@@H](O[C@H]3O[C@H](CO)[C@@H](O)[C@H](O)[C@@H]3O)[C@H](C)[C@H](O)C(C)O)[C@@H](C)CC[C@@H](O)C[C@@H](O)CCO)[C@@H]2O[C@@H]2O[C@H](C)[C@@H](O)[C@H](O)[C@H]2O)O[C@H](C)[C@H]1O. The van der Waals surface area contributed by atoms with Crippen LogP contribution in [0.3, 0.4) is 0 Å². The zero-order valence-corrected chi connectivity index (χ0v) is 49.0. The molecule has 4 heterocycles. The van der Waals surface area contributed by atoms with E-state index in [0.29, 0.717) is 0 Å². The number of aliphatic hydroxyl groups excluding tert-OH is 20. The van der Waals surface area contributed by atoms with E-state index in [1.807, 2.05) is 0 Å². The number of carbonyl (C=O) groups is 1. The van der Waals surface area contributed by atoms with Crippen LogP contribution >= 0.6 is 0 Å². The van der Waals surface area contributed by atoms with Gasteiger partial charge >= 0.3 is 0 Å². The molecule has 30 heteroatoms. The molecule has 0 aromatic heterocycles. The van der Waals surface area contributed by atoms with Gasteiger partial charge in [0.05, 0.1) is 98.1 Å². The van der Waals surface area contributed by atoms with E-state index in [1.165, 1.54) is 48.5 Å². The molecular weight excluding hydrogens is 1130 g/mol. The maximum atomic E-state index is 12.1. The molecule has 0 spiro atoms. The summed E-state index contributed by atoms with van der Waals surface area (Å²) in [7, 11) is 0. The largest absolute Gasteiger partial charge is 0.396 e. The van der Waals surface area contributed by atoms with Gasteiger partial charge in [-0.1, -0.05) is 20.8 Å². The van der Waals surface area contributed by atoms with Crippen LogP contribution in [0.4, 0.5) is 0 Å². The lowest BCUT2D eigenvalue weighted by molar-refractivity contribution is -0.384. The van der Waals surface area contributed by atoms with Crippen LogP contribution in [-0.4, -0.2) is 311 Å². The zero-order chi connectivity index (χ0) is 63.3. The molecule has 0 saturated carbocycles. The molecule has 4 aliphatic heterocycles. The van der Waals surface area contributed by atoms with Gasteiger partial charge in [0, 0.05) is 51.0 Å². The lowest BCUT2D eigenvalue weighted by Crippen LogP contribution is -2.65. The highest BCUT2D eigenvalue weighted by molar-refractivity contribution is 5.73. The molecule has 4 aliphatic rings. The van der Waals surface area contributed by atoms with Crippen molar-refractivity contribution in [2.24, 2.45) is 17.8 Å². The van der Waals surface area contributed by atoms with Crippen molar-refractivity contribution >= 4 is 5.91 Å². The van der Waals surface area contributed by atoms with Gasteiger partial charge in [-0.2, -0.15) is 0 Å². The fourth-order valence-corrected chi connectivity index (χ4v) is 11.1. The number of nitrogens with one attached hydrogen (secondary N) is 1. The number of amides is 1. The average Bonchev–Trinajstić information content (AvgIpc) is 3.59. The monoisotopic (exact) mass is 1230 g/mol. The minimum atomic E-state index is -2.05. The normalized spacial score (nSPS) is 38.8. The Morgan fingerprint density at radius 1 is 0.500 bits per heavy atom. The highest BCUT2D eigenvalue weighted by Gasteiger charge is 2.54. The smallest absolute Gasteiger partial charge is 0.217 e. The first kappa shape index (κ1) is 74.8. The van der Waals surface area contributed by atoms with Crippen LogP contribution in [0.15, 0.2) is 0 Å². The molecule has 0 bridgehead atoms. The predicted octanol–water partition coefficient (Wildman–Crippen LogP) is -7.09. The summed E-state index contributed by atoms with van der Waals surface area (Å²) in [5.41, 5.74) is 0. The Morgan fingerprint density at radius 3 is 1.63 bits per heavy atom. The van der Waals surface area contributed by atoms with E-state index in [1.54, 1.807) is 6.92 Å². The minimum Gasteiger partial charge on any atom is -0.396 e. The fraction of sp³-hybridized carbons (Fsp3) is 0.981. The number of hydrogen-bond donors (Lipinski definition) is 21. The highest BCUT2D eigenvalue weighted by Crippen LogP contribution is 2.37. The fourth-order valence-electron chi connectivity index (χ4n) is 11.1. The molecule has 30 nitrogen and oxygen atoms in total. The average molecular weight is 1230 g/mol. The molecule has 1 amide bonds. The number of carbonyl (C=O) groups excluding carboxylic acids is 1. The van der Waals surface area contributed by atoms with Gasteiger partial charge in [0.25, 0.3) is 0 Å². The van der Waals surface area contributed by atoms with E-state index in [9.17, 15) is 107 Å². The minimum absolute atomic E-state index is 0.00971. The third kappa shape index (κ3) is 20.7. The van der Waals surface area contributed by atoms with E-state index >= 15 is 0 Å². The maximum absolute atomic E-state index is 12.1. The van der Waals surface area contributed by atoms with Gasteiger partial charge in [-0.3, -0.25) is 4.79 Å². The topological polar surface area (TPSA) is 508 Å². The van der Waals surface area contributed by atoms with Crippen molar-refractivity contribution < 1.29 is 145 Å². The molecule has 4 rings (SSSR count). The third-order valence-corrected chi connectivity index (χ3v) is 16.9. The van der Waals surface area contributed by atoms with Crippen molar-refractivity contribution in [2.75, 3.05) is 13.2 Å². The van der Waals surface area contributed by atoms with Gasteiger partial charge in [0.1, 0.15) is 73.2 Å². The molecule has 4 saturated heterocycles. The Balaban J connectivity index is 1.57. The molecule has 2 unspecified atom stereocenters. The molecule has 34 atom stereocenters. The van der Waals surface area contributed by atoms with Crippen molar-refractivity contribution in [3.8, 4) is 0 Å². The van der Waals surface area contributed by atoms with Crippen molar-refractivity contribution in [1.82, 2.24) is 5.32 Å². The predicted molar refractivity (Wildman–Crippen MR) is 286 cm³/mol. The lowest BCUT2D eigenvalue weighted by atomic mass is 9.85. The summed E-state index contributed by atoms with van der Waals surface area (Å²) < 4.78 is 48.5. The van der Waals surface area contributed by atoms with Gasteiger partial charge in [0.2, 0.25) is 5.91 Å². The summed E-state index contributed by atoms with van der Waals surface area (Å²) in [5, 5.41) is 218. The molecule has 0 aromatic carbocycles. The van der Waals surface area contributed by atoms with Gasteiger partial charge in [-0.05, 0) is 65.7 Å². The second-order valence-electron chi connectivity index (χ2n) is 23.8. The second kappa shape index (κ2) is 34.5. The summed E-state index contributed by atoms with van der Waals surface area (Å²) >= 11 is 0. The van der Waals surface area contributed by atoms with E-state index < -0.39 is 246 Å². The Labute approximate surface area is 489 Å². The molecule has 4 fully saturated rings. The van der Waals surface area contributed by atoms with Gasteiger partial charge in [0.15, 0.2) is 25.2 Å². The van der Waals surface area contributed by atoms with Gasteiger partial charge in [-0.25, -0.2) is 0 Å². The first-order valence-electron chi connectivity index (χ1n) is 29.2. The molecule has 0 aliphatic carbocycles. The molecule has 496 valence electrons. The summed E-state index contributed by atoms with van der Waals surface area (Å²) in [6.45, 7) is 10.3. The standard InChI is InChI=1S/C54H101NO29/c1-20(9-10-28(60)13-29(61)11-12-56)36(80-54-51(84-52-48(75)46(73)42(69)25(6)78-52)50(43(70)26(7)79-54)83-39-16-31(55-27(8)59)41(68)24(5)77-39)18-35(66)44(71)34(65)15-30(62)14-32(63)21(2)33(64)17-37(22(3)40(67)23(4)58)81-53-49(76)47(74)45(72)38(19-57)82-53/h20-26,28-54,56-58,60-76H,9-19H2,1-8H3,(H,55,59)/t20-,21-,22-,23?,24+,25+,26+,28+,29-,30+,31+,32+,33+,34-,35?,36+,37+,38+,39-,40-,41+,42+,43+,44+,45+,46-,47-,48+,49-,50-,51+,52-,53-,54-/m0/s1. The summed E-state index contributed by atoms with van der Waals surface area (Å²) in [6.07, 6.45) is -48.0. The third-order valence-electron chi connectivity index (χ3n) is 16.9. The van der Waals surface area contributed by atoms with Crippen molar-refractivity contribution in [3.05, 3.63) is 0 Å². The van der Waals surface area contributed by atoms with Crippen LogP contribution in [0.5, 0.6) is 0 Å². The number of hydrogen-bond acceptors (Lipinski definition) is 29. The Bertz CT molecular complexity index is 1870. The number of rotatable bonds is 33. The van der Waals surface area contributed by atoms with Crippen LogP contribution in [0.1, 0.15) is 113 Å². The van der Waals surface area contributed by atoms with Crippen LogP contribution in [0, 0.1) is 17.8 Å². The van der Waals surface area contributed by atoms with Crippen molar-refractivity contribution in [2.45, 2.75) is 303 Å². The van der Waals surface area contributed by atoms with Gasteiger partial charge < -0.3 is 145 Å². The Hall–Kier alpha value is -1.65. The van der Waals surface area contributed by atoms with Gasteiger partial charge in [-0.15, -0.1) is 0 Å². The quantitative estimate of drug-likeness (QED) is 0.0290. The van der Waals surface area contributed by atoms with Crippen LogP contribution in [0.2, 0.25) is 0 Å². The van der Waals surface area contributed by atoms with Crippen molar-refractivity contribution in [1.29, 1.82) is 0 Å². The lowest BCUT2D eigenvalue weighted by Gasteiger charge is -2.49. The van der Waals surface area contributed by atoms with Crippen LogP contribution < -0.4 is 5.32 Å². The van der Waals surface area contributed by atoms with Crippen LogP contribution in [-0.2, 0) is 42.7 Å². The second-order valence-corrected chi connectivity index (χ2v) is 23.8. The first-order valence-corrected chi connectivity index (χ1v) is 29.2. The molecule has 21 N–H and O–H groups in total. The number of aliphatic hydroxyl groups is 20. The Kier molecular flexibility index (Phi) is 30.7. The zero-order valence-electron chi connectivity index (χ0n) is 49.0. The van der Waals surface area contributed by atoms with E-state index in [4.69, 9.17) is 37.9 Å². The van der Waals surface area contributed by atoms with E-state index in [2.05, 4.69) is 5.32 Å². The molecule has 84 heavy (non-hydrogen) atoms. The molecular formula is C54H101NO29. The van der Waals surface area contributed by atoms with Crippen LogP contribution in [0.25, 0.3) is 0 Å². The van der Waals surface area contributed by atoms with Crippen molar-refractivity contribution in [3.63, 3.8) is 0 Å². The number of ether oxygens (including phenoxy) is 8. The molecule has 0 radical (unpaired) electrons. The summed E-state index contributed by atoms with van der Waals surface area (Å²) in [4.78, 5) is 12.1. The Morgan fingerprint density at radius 2 is 1.02 bits per heavy atom. The molecule has 0 aromatic rings. The summed E-state index contributed by atoms with van der Waals surface area (Å²) in [5.74, 6) is -3.32. The first-order chi connectivity index (χ1) is 39.2. The van der Waals surface area contributed by atoms with E-state index in [-0.39, 0.29) is 38.7 Å². The maximum Gasteiger partial charge on any atom is 0.217 e. The van der Waals surface area contributed by atoms with E-state index in [0.717, 1.165) is 0 Å².